The van der Waals surface area contributed by atoms with Gasteiger partial charge in [0.05, 0.1) is 5.69 Å². The molecule has 0 bridgehead atoms. The van der Waals surface area contributed by atoms with E-state index in [0.29, 0.717) is 11.4 Å². The van der Waals surface area contributed by atoms with Crippen molar-refractivity contribution in [2.24, 2.45) is 0 Å². The fourth-order valence-corrected chi connectivity index (χ4v) is 1.37. The molecular formula is C11H11N3O. The largest absolute Gasteiger partial charge is 0.504 e. The summed E-state index contributed by atoms with van der Waals surface area (Å²) < 4.78 is 0. The molecular weight excluding hydrogens is 190 g/mol. The van der Waals surface area contributed by atoms with E-state index in [1.54, 1.807) is 13.1 Å². The highest BCUT2D eigenvalue weighted by molar-refractivity contribution is 5.66. The minimum atomic E-state index is 0.128. The molecule has 2 aromatic heterocycles. The molecule has 2 aromatic rings. The number of aromatic hydroxyl groups is 1. The van der Waals surface area contributed by atoms with Crippen LogP contribution in [0.2, 0.25) is 0 Å². The number of pyridine rings is 1. The molecule has 15 heavy (non-hydrogen) atoms. The van der Waals surface area contributed by atoms with Gasteiger partial charge < -0.3 is 5.11 Å². The summed E-state index contributed by atoms with van der Waals surface area (Å²) in [6.07, 6.45) is 3.14. The van der Waals surface area contributed by atoms with Crippen LogP contribution in [0.5, 0.6) is 5.75 Å². The van der Waals surface area contributed by atoms with Crippen LogP contribution in [0.4, 0.5) is 0 Å². The van der Waals surface area contributed by atoms with Crippen molar-refractivity contribution in [2.45, 2.75) is 13.8 Å². The molecule has 0 aliphatic heterocycles. The van der Waals surface area contributed by atoms with Crippen LogP contribution in [0, 0.1) is 13.8 Å². The Morgan fingerprint density at radius 2 is 1.93 bits per heavy atom. The van der Waals surface area contributed by atoms with Crippen molar-refractivity contribution in [3.8, 4) is 17.0 Å². The molecule has 2 heterocycles. The van der Waals surface area contributed by atoms with Crippen LogP contribution in [0.15, 0.2) is 24.7 Å². The summed E-state index contributed by atoms with van der Waals surface area (Å²) in [6, 6.07) is 3.69. The molecule has 2 rings (SSSR count). The van der Waals surface area contributed by atoms with Crippen LogP contribution < -0.4 is 0 Å². The number of nitrogens with zero attached hydrogens (tertiary/aromatic N) is 3. The molecule has 0 saturated carbocycles. The SMILES string of the molecule is Cc1cc(-c2ncnc(C)c2O)ccn1. The van der Waals surface area contributed by atoms with Gasteiger partial charge in [0.1, 0.15) is 12.0 Å². The van der Waals surface area contributed by atoms with E-state index in [1.807, 2.05) is 19.1 Å². The second kappa shape index (κ2) is 3.65. The summed E-state index contributed by atoms with van der Waals surface area (Å²) in [4.78, 5) is 12.1. The van der Waals surface area contributed by atoms with Crippen molar-refractivity contribution in [1.29, 1.82) is 0 Å². The first-order valence-corrected chi connectivity index (χ1v) is 4.62. The van der Waals surface area contributed by atoms with Gasteiger partial charge in [-0.3, -0.25) is 4.98 Å². The van der Waals surface area contributed by atoms with Gasteiger partial charge in [0.15, 0.2) is 5.75 Å². The monoisotopic (exact) mass is 201 g/mol. The second-order valence-corrected chi connectivity index (χ2v) is 3.34. The smallest absolute Gasteiger partial charge is 0.163 e. The molecule has 76 valence electrons. The molecule has 4 heteroatoms. The molecule has 0 fully saturated rings. The third kappa shape index (κ3) is 1.79. The van der Waals surface area contributed by atoms with Gasteiger partial charge in [0.25, 0.3) is 0 Å². The molecule has 0 amide bonds. The van der Waals surface area contributed by atoms with Gasteiger partial charge >= 0.3 is 0 Å². The molecule has 0 aromatic carbocycles. The Labute approximate surface area is 87.7 Å². The van der Waals surface area contributed by atoms with E-state index in [4.69, 9.17) is 0 Å². The fourth-order valence-electron chi connectivity index (χ4n) is 1.37. The lowest BCUT2D eigenvalue weighted by Crippen LogP contribution is -1.91. The van der Waals surface area contributed by atoms with Crippen LogP contribution in [-0.2, 0) is 0 Å². The van der Waals surface area contributed by atoms with Crippen LogP contribution >= 0.6 is 0 Å². The third-order valence-corrected chi connectivity index (χ3v) is 2.18. The van der Waals surface area contributed by atoms with Crippen molar-refractivity contribution in [3.05, 3.63) is 36.0 Å². The van der Waals surface area contributed by atoms with E-state index in [1.165, 1.54) is 6.33 Å². The minimum absolute atomic E-state index is 0.128. The Morgan fingerprint density at radius 1 is 1.13 bits per heavy atom. The van der Waals surface area contributed by atoms with Crippen LogP contribution in [0.3, 0.4) is 0 Å². The topological polar surface area (TPSA) is 58.9 Å². The Bertz CT molecular complexity index is 497. The highest BCUT2D eigenvalue weighted by Gasteiger charge is 2.08. The lowest BCUT2D eigenvalue weighted by molar-refractivity contribution is 0.467. The minimum Gasteiger partial charge on any atom is -0.504 e. The summed E-state index contributed by atoms with van der Waals surface area (Å²) >= 11 is 0. The molecule has 0 saturated heterocycles. The Hall–Kier alpha value is -1.97. The Kier molecular flexibility index (Phi) is 2.33. The van der Waals surface area contributed by atoms with Gasteiger partial charge in [0.2, 0.25) is 0 Å². The zero-order valence-electron chi connectivity index (χ0n) is 8.60. The maximum atomic E-state index is 9.80. The van der Waals surface area contributed by atoms with Crippen LogP contribution in [0.1, 0.15) is 11.4 Å². The molecule has 0 unspecified atom stereocenters. The molecule has 0 spiro atoms. The highest BCUT2D eigenvalue weighted by atomic mass is 16.3. The van der Waals surface area contributed by atoms with Crippen LogP contribution in [-0.4, -0.2) is 20.1 Å². The van der Waals surface area contributed by atoms with Crippen molar-refractivity contribution < 1.29 is 5.11 Å². The maximum Gasteiger partial charge on any atom is 0.163 e. The van der Waals surface area contributed by atoms with Crippen molar-refractivity contribution in [3.63, 3.8) is 0 Å². The fraction of sp³-hybridized carbons (Fsp3) is 0.182. The summed E-state index contributed by atoms with van der Waals surface area (Å²) in [5.74, 6) is 0.128. The zero-order chi connectivity index (χ0) is 10.8. The summed E-state index contributed by atoms with van der Waals surface area (Å²) in [5, 5.41) is 9.80. The van der Waals surface area contributed by atoms with Gasteiger partial charge in [-0.25, -0.2) is 9.97 Å². The molecule has 4 nitrogen and oxygen atoms in total. The first kappa shape index (κ1) is 9.58. The molecule has 0 radical (unpaired) electrons. The van der Waals surface area contributed by atoms with Crippen molar-refractivity contribution in [1.82, 2.24) is 15.0 Å². The summed E-state index contributed by atoms with van der Waals surface area (Å²) in [7, 11) is 0. The predicted molar refractivity (Wildman–Crippen MR) is 56.4 cm³/mol. The quantitative estimate of drug-likeness (QED) is 0.765. The highest BCUT2D eigenvalue weighted by Crippen LogP contribution is 2.27. The molecule has 0 aliphatic rings. The summed E-state index contributed by atoms with van der Waals surface area (Å²) in [6.45, 7) is 3.64. The number of hydrogen-bond acceptors (Lipinski definition) is 4. The lowest BCUT2D eigenvalue weighted by Gasteiger charge is -2.05. The Morgan fingerprint density at radius 3 is 2.67 bits per heavy atom. The number of rotatable bonds is 1. The van der Waals surface area contributed by atoms with E-state index in [-0.39, 0.29) is 5.75 Å². The van der Waals surface area contributed by atoms with E-state index in [2.05, 4.69) is 15.0 Å². The Balaban J connectivity index is 2.59. The average molecular weight is 201 g/mol. The van der Waals surface area contributed by atoms with E-state index < -0.39 is 0 Å². The van der Waals surface area contributed by atoms with E-state index >= 15 is 0 Å². The van der Waals surface area contributed by atoms with Crippen molar-refractivity contribution >= 4 is 0 Å². The molecule has 1 N–H and O–H groups in total. The second-order valence-electron chi connectivity index (χ2n) is 3.34. The summed E-state index contributed by atoms with van der Waals surface area (Å²) in [5.41, 5.74) is 2.87. The standard InChI is InChI=1S/C11H11N3O/c1-7-5-9(3-4-12-7)10-11(15)8(2)13-6-14-10/h3-6,15H,1-2H3. The predicted octanol–water partition coefficient (Wildman–Crippen LogP) is 1.86. The van der Waals surface area contributed by atoms with E-state index in [0.717, 1.165) is 11.3 Å². The van der Waals surface area contributed by atoms with Gasteiger partial charge in [0, 0.05) is 17.5 Å². The molecule has 0 atom stereocenters. The lowest BCUT2D eigenvalue weighted by atomic mass is 10.1. The van der Waals surface area contributed by atoms with Gasteiger partial charge in [-0.1, -0.05) is 0 Å². The number of aryl methyl sites for hydroxylation is 2. The average Bonchev–Trinajstić information content (AvgIpc) is 2.22. The first-order chi connectivity index (χ1) is 7.18. The van der Waals surface area contributed by atoms with Crippen molar-refractivity contribution in [2.75, 3.05) is 0 Å². The van der Waals surface area contributed by atoms with E-state index in [9.17, 15) is 5.11 Å². The normalized spacial score (nSPS) is 10.3. The first-order valence-electron chi connectivity index (χ1n) is 4.62. The van der Waals surface area contributed by atoms with Gasteiger partial charge in [-0.2, -0.15) is 0 Å². The maximum absolute atomic E-state index is 9.80. The zero-order valence-corrected chi connectivity index (χ0v) is 8.60. The number of aromatic nitrogens is 3. The van der Waals surface area contributed by atoms with Gasteiger partial charge in [-0.15, -0.1) is 0 Å². The molecule has 0 aliphatic carbocycles. The third-order valence-electron chi connectivity index (χ3n) is 2.18. The number of hydrogen-bond donors (Lipinski definition) is 1. The van der Waals surface area contributed by atoms with Crippen LogP contribution in [0.25, 0.3) is 11.3 Å². The van der Waals surface area contributed by atoms with Gasteiger partial charge in [-0.05, 0) is 26.0 Å².